The lowest BCUT2D eigenvalue weighted by Crippen LogP contribution is -2.32. The molecule has 0 bridgehead atoms. The van der Waals surface area contributed by atoms with E-state index in [2.05, 4.69) is 15.9 Å². The van der Waals surface area contributed by atoms with Gasteiger partial charge in [-0.15, -0.1) is 0 Å². The van der Waals surface area contributed by atoms with Crippen LogP contribution in [-0.4, -0.2) is 11.2 Å². The Kier molecular flexibility index (Phi) is 4.89. The highest BCUT2D eigenvalue weighted by atomic mass is 79.9. The zero-order chi connectivity index (χ0) is 12.3. The van der Waals surface area contributed by atoms with Crippen molar-refractivity contribution in [2.75, 3.05) is 0 Å². The van der Waals surface area contributed by atoms with Crippen molar-refractivity contribution in [1.29, 1.82) is 0 Å². The highest BCUT2D eigenvalue weighted by Crippen LogP contribution is 2.27. The summed E-state index contributed by atoms with van der Waals surface area (Å²) in [7, 11) is 0. The van der Waals surface area contributed by atoms with E-state index in [1.54, 1.807) is 18.2 Å². The minimum absolute atomic E-state index is 0.0494. The Morgan fingerprint density at radius 1 is 1.50 bits per heavy atom. The molecule has 1 aromatic rings. The zero-order valence-corrected chi connectivity index (χ0v) is 11.0. The second kappa shape index (κ2) is 5.75. The summed E-state index contributed by atoms with van der Waals surface area (Å²) in [5.41, 5.74) is 6.22. The highest BCUT2D eigenvalue weighted by Gasteiger charge is 2.24. The molecule has 90 valence electrons. The van der Waals surface area contributed by atoms with Gasteiger partial charge in [-0.25, -0.2) is 4.39 Å². The topological polar surface area (TPSA) is 46.2 Å². The first-order valence-corrected chi connectivity index (χ1v) is 6.15. The van der Waals surface area contributed by atoms with Crippen LogP contribution < -0.4 is 5.73 Å². The quantitative estimate of drug-likeness (QED) is 0.895. The molecule has 3 N–H and O–H groups in total. The first kappa shape index (κ1) is 13.6. The summed E-state index contributed by atoms with van der Waals surface area (Å²) in [5, 5.41) is 9.95. The van der Waals surface area contributed by atoms with Crippen LogP contribution in [0.5, 0.6) is 0 Å². The van der Waals surface area contributed by atoms with Crippen LogP contribution in [0, 0.1) is 11.7 Å². The number of halogens is 2. The maximum Gasteiger partial charge on any atom is 0.142 e. The smallest absolute Gasteiger partial charge is 0.142 e. The van der Waals surface area contributed by atoms with E-state index in [0.29, 0.717) is 10.0 Å². The third-order valence-corrected chi connectivity index (χ3v) is 3.55. The minimum Gasteiger partial charge on any atom is -0.391 e. The maximum atomic E-state index is 13.7. The lowest BCUT2D eigenvalue weighted by molar-refractivity contribution is 0.0867. The molecule has 0 radical (unpaired) electrons. The first-order chi connectivity index (χ1) is 7.49. The van der Waals surface area contributed by atoms with Crippen molar-refractivity contribution in [2.24, 2.45) is 11.7 Å². The first-order valence-electron chi connectivity index (χ1n) is 5.36. The van der Waals surface area contributed by atoms with Crippen molar-refractivity contribution in [2.45, 2.75) is 32.4 Å². The van der Waals surface area contributed by atoms with Gasteiger partial charge in [0.25, 0.3) is 0 Å². The van der Waals surface area contributed by atoms with E-state index in [4.69, 9.17) is 5.73 Å². The molecule has 0 heterocycles. The van der Waals surface area contributed by atoms with Gasteiger partial charge in [0.05, 0.1) is 16.6 Å². The second-order valence-electron chi connectivity index (χ2n) is 4.04. The Morgan fingerprint density at radius 3 is 2.69 bits per heavy atom. The van der Waals surface area contributed by atoms with Crippen LogP contribution in [0.4, 0.5) is 4.39 Å². The van der Waals surface area contributed by atoms with Crippen molar-refractivity contribution in [3.05, 3.63) is 34.1 Å². The van der Waals surface area contributed by atoms with Gasteiger partial charge in [-0.1, -0.05) is 32.4 Å². The van der Waals surface area contributed by atoms with Gasteiger partial charge in [0.2, 0.25) is 0 Å². The molecule has 0 fully saturated rings. The third-order valence-electron chi connectivity index (χ3n) is 2.94. The van der Waals surface area contributed by atoms with Crippen LogP contribution in [0.15, 0.2) is 22.7 Å². The average Bonchev–Trinajstić information content (AvgIpc) is 2.29. The van der Waals surface area contributed by atoms with Gasteiger partial charge in [-0.3, -0.25) is 0 Å². The number of rotatable bonds is 4. The van der Waals surface area contributed by atoms with E-state index in [1.165, 1.54) is 0 Å². The fraction of sp³-hybridized carbons (Fsp3) is 0.500. The van der Waals surface area contributed by atoms with Gasteiger partial charge in [-0.2, -0.15) is 0 Å². The minimum atomic E-state index is -0.728. The summed E-state index contributed by atoms with van der Waals surface area (Å²) in [6, 6.07) is 4.25. The number of hydrogen-bond acceptors (Lipinski definition) is 2. The van der Waals surface area contributed by atoms with Gasteiger partial charge in [0.1, 0.15) is 5.82 Å². The molecular formula is C12H17BrFNO. The van der Waals surface area contributed by atoms with E-state index in [9.17, 15) is 9.50 Å². The van der Waals surface area contributed by atoms with Crippen LogP contribution in [-0.2, 0) is 0 Å². The summed E-state index contributed by atoms with van der Waals surface area (Å²) in [4.78, 5) is 0. The summed E-state index contributed by atoms with van der Waals surface area (Å²) < 4.78 is 14.1. The number of hydrogen-bond donors (Lipinski definition) is 2. The van der Waals surface area contributed by atoms with Crippen molar-refractivity contribution in [1.82, 2.24) is 0 Å². The summed E-state index contributed by atoms with van der Waals surface area (Å²) in [6.45, 7) is 3.87. The van der Waals surface area contributed by atoms with E-state index in [-0.39, 0.29) is 5.92 Å². The molecule has 1 rings (SSSR count). The lowest BCUT2D eigenvalue weighted by atomic mass is 9.91. The molecule has 3 atom stereocenters. The molecule has 1 aromatic carbocycles. The Hall–Kier alpha value is -0.450. The fourth-order valence-corrected chi connectivity index (χ4v) is 1.94. The molecule has 0 aliphatic heterocycles. The molecule has 0 saturated heterocycles. The molecule has 0 spiro atoms. The van der Waals surface area contributed by atoms with E-state index >= 15 is 0 Å². The fourth-order valence-electron chi connectivity index (χ4n) is 1.56. The standard InChI is InChI=1S/C12H17BrFNO/c1-3-7(2)12(16)11(15)8-5-4-6-9(13)10(8)14/h4-7,11-12,16H,3,15H2,1-2H3/t7?,11-,12+/m1/s1. The van der Waals surface area contributed by atoms with Crippen LogP contribution in [0.25, 0.3) is 0 Å². The number of benzene rings is 1. The molecule has 0 aromatic heterocycles. The summed E-state index contributed by atoms with van der Waals surface area (Å²) in [6.07, 6.45) is 0.0820. The third kappa shape index (κ3) is 2.81. The van der Waals surface area contributed by atoms with Gasteiger partial charge in [-0.05, 0) is 27.9 Å². The molecule has 0 aliphatic rings. The highest BCUT2D eigenvalue weighted by molar-refractivity contribution is 9.10. The molecule has 16 heavy (non-hydrogen) atoms. The van der Waals surface area contributed by atoms with Crippen LogP contribution in [0.2, 0.25) is 0 Å². The maximum absolute atomic E-state index is 13.7. The molecule has 2 nitrogen and oxygen atoms in total. The summed E-state index contributed by atoms with van der Waals surface area (Å²) in [5.74, 6) is -0.342. The Morgan fingerprint density at radius 2 is 2.12 bits per heavy atom. The molecule has 0 amide bonds. The van der Waals surface area contributed by atoms with Crippen molar-refractivity contribution in [3.8, 4) is 0 Å². The second-order valence-corrected chi connectivity index (χ2v) is 4.90. The lowest BCUT2D eigenvalue weighted by Gasteiger charge is -2.24. The van der Waals surface area contributed by atoms with E-state index in [0.717, 1.165) is 6.42 Å². The number of nitrogens with two attached hydrogens (primary N) is 1. The number of aliphatic hydroxyl groups excluding tert-OH is 1. The Balaban J connectivity index is 2.96. The predicted octanol–water partition coefficient (Wildman–Crippen LogP) is 3.00. The van der Waals surface area contributed by atoms with Crippen LogP contribution in [0.1, 0.15) is 31.9 Å². The summed E-state index contributed by atoms with van der Waals surface area (Å²) >= 11 is 3.11. The van der Waals surface area contributed by atoms with Gasteiger partial charge >= 0.3 is 0 Å². The Bertz CT molecular complexity index is 359. The molecular weight excluding hydrogens is 273 g/mol. The van der Waals surface area contributed by atoms with Gasteiger partial charge in [0, 0.05) is 5.56 Å². The van der Waals surface area contributed by atoms with E-state index in [1.807, 2.05) is 13.8 Å². The van der Waals surface area contributed by atoms with Crippen molar-refractivity contribution in [3.63, 3.8) is 0 Å². The normalized spacial score (nSPS) is 16.9. The SMILES string of the molecule is CCC(C)[C@H](O)[C@H](N)c1cccc(Br)c1F. The monoisotopic (exact) mass is 289 g/mol. The molecule has 0 aliphatic carbocycles. The van der Waals surface area contributed by atoms with Gasteiger partial charge in [0.15, 0.2) is 0 Å². The van der Waals surface area contributed by atoms with Gasteiger partial charge < -0.3 is 10.8 Å². The zero-order valence-electron chi connectivity index (χ0n) is 9.45. The van der Waals surface area contributed by atoms with Crippen molar-refractivity contribution < 1.29 is 9.50 Å². The predicted molar refractivity (Wildman–Crippen MR) is 66.5 cm³/mol. The van der Waals surface area contributed by atoms with Crippen molar-refractivity contribution >= 4 is 15.9 Å². The molecule has 4 heteroatoms. The van der Waals surface area contributed by atoms with Crippen LogP contribution >= 0.6 is 15.9 Å². The molecule has 1 unspecified atom stereocenters. The molecule has 0 saturated carbocycles. The van der Waals surface area contributed by atoms with Crippen LogP contribution in [0.3, 0.4) is 0 Å². The largest absolute Gasteiger partial charge is 0.391 e. The number of aliphatic hydroxyl groups is 1. The Labute approximate surface area is 104 Å². The van der Waals surface area contributed by atoms with E-state index < -0.39 is 18.0 Å². The average molecular weight is 290 g/mol.